The summed E-state index contributed by atoms with van der Waals surface area (Å²) in [4.78, 5) is 23.1. The number of benzene rings is 1. The van der Waals surface area contributed by atoms with Crippen molar-refractivity contribution in [2.24, 2.45) is 0 Å². The summed E-state index contributed by atoms with van der Waals surface area (Å²) < 4.78 is 12.6. The van der Waals surface area contributed by atoms with E-state index >= 15 is 0 Å². The number of rotatable bonds is 4. The Morgan fingerprint density at radius 3 is 2.31 bits per heavy atom. The van der Waals surface area contributed by atoms with Gasteiger partial charge in [-0.05, 0) is 24.3 Å². The lowest BCUT2D eigenvalue weighted by molar-refractivity contribution is -0.138. The third kappa shape index (κ3) is 3.34. The molecular weight excluding hydrogens is 213 g/mol. The minimum Gasteiger partial charge on any atom is -0.481 e. The highest BCUT2D eigenvalue weighted by Gasteiger charge is 2.12. The van der Waals surface area contributed by atoms with Crippen LogP contribution in [0.15, 0.2) is 24.3 Å². The Kier molecular flexibility index (Phi) is 3.99. The summed E-state index contributed by atoms with van der Waals surface area (Å²) in [5.41, 5.74) is 0.539. The zero-order valence-electron chi connectivity index (χ0n) is 8.81. The van der Waals surface area contributed by atoms with Crippen molar-refractivity contribution in [3.8, 4) is 0 Å². The number of amides is 1. The van der Waals surface area contributed by atoms with Crippen LogP contribution in [0, 0.1) is 5.82 Å². The predicted molar refractivity (Wildman–Crippen MR) is 56.7 cm³/mol. The molecule has 5 heteroatoms. The molecule has 4 nitrogen and oxygen atoms in total. The molecule has 0 aliphatic carbocycles. The largest absolute Gasteiger partial charge is 0.481 e. The number of carboxylic acids is 1. The molecule has 0 aromatic heterocycles. The fourth-order valence-electron chi connectivity index (χ4n) is 1.19. The molecule has 0 spiro atoms. The summed E-state index contributed by atoms with van der Waals surface area (Å²) in [7, 11) is 1.53. The number of halogens is 1. The van der Waals surface area contributed by atoms with E-state index in [1.807, 2.05) is 0 Å². The van der Waals surface area contributed by atoms with Gasteiger partial charge in [0.15, 0.2) is 0 Å². The number of hydrogen-bond acceptors (Lipinski definition) is 2. The molecule has 0 aliphatic heterocycles. The van der Waals surface area contributed by atoms with Crippen molar-refractivity contribution in [2.45, 2.75) is 12.8 Å². The van der Waals surface area contributed by atoms with Gasteiger partial charge in [0.05, 0.1) is 6.42 Å². The molecule has 1 rings (SSSR count). The molecule has 0 saturated carbocycles. The highest BCUT2D eigenvalue weighted by Crippen LogP contribution is 2.14. The lowest BCUT2D eigenvalue weighted by atomic mass is 10.2. The van der Waals surface area contributed by atoms with Crippen LogP contribution in [0.5, 0.6) is 0 Å². The summed E-state index contributed by atoms with van der Waals surface area (Å²) in [6.45, 7) is 0. The van der Waals surface area contributed by atoms with E-state index in [0.29, 0.717) is 5.69 Å². The molecular formula is C11H12FNO3. The van der Waals surface area contributed by atoms with Crippen molar-refractivity contribution in [3.05, 3.63) is 30.1 Å². The Bertz CT molecular complexity index is 389. The van der Waals surface area contributed by atoms with Gasteiger partial charge in [0.25, 0.3) is 0 Å². The van der Waals surface area contributed by atoms with Crippen LogP contribution in [0.2, 0.25) is 0 Å². The molecule has 1 N–H and O–H groups in total. The minimum atomic E-state index is -1.01. The van der Waals surface area contributed by atoms with Crippen LogP contribution in [0.1, 0.15) is 12.8 Å². The average molecular weight is 225 g/mol. The molecule has 0 aliphatic rings. The minimum absolute atomic E-state index is 0.0663. The van der Waals surface area contributed by atoms with Crippen LogP contribution in [0.4, 0.5) is 10.1 Å². The summed E-state index contributed by atoms with van der Waals surface area (Å²) in [5, 5.41) is 8.43. The molecule has 0 fully saturated rings. The zero-order chi connectivity index (χ0) is 12.1. The Morgan fingerprint density at radius 2 is 1.81 bits per heavy atom. The first-order chi connectivity index (χ1) is 7.50. The van der Waals surface area contributed by atoms with Crippen molar-refractivity contribution in [3.63, 3.8) is 0 Å². The van der Waals surface area contributed by atoms with Crippen molar-refractivity contribution < 1.29 is 19.1 Å². The van der Waals surface area contributed by atoms with Crippen LogP contribution < -0.4 is 4.90 Å². The summed E-state index contributed by atoms with van der Waals surface area (Å²) >= 11 is 0. The number of aliphatic carboxylic acids is 1. The number of anilines is 1. The Morgan fingerprint density at radius 1 is 1.25 bits per heavy atom. The van der Waals surface area contributed by atoms with Gasteiger partial charge in [0.2, 0.25) is 5.91 Å². The summed E-state index contributed by atoms with van der Waals surface area (Å²) in [6, 6.07) is 5.43. The van der Waals surface area contributed by atoms with E-state index in [9.17, 15) is 14.0 Å². The Hall–Kier alpha value is -1.91. The van der Waals surface area contributed by atoms with Gasteiger partial charge >= 0.3 is 5.97 Å². The van der Waals surface area contributed by atoms with E-state index < -0.39 is 5.97 Å². The molecule has 0 saturated heterocycles. The lowest BCUT2D eigenvalue weighted by Gasteiger charge is -2.16. The predicted octanol–water partition coefficient (Wildman–Crippen LogP) is 1.65. The first-order valence-electron chi connectivity index (χ1n) is 4.74. The Labute approximate surface area is 92.3 Å². The maximum atomic E-state index is 12.6. The van der Waals surface area contributed by atoms with Crippen LogP contribution in [-0.2, 0) is 9.59 Å². The van der Waals surface area contributed by atoms with Crippen molar-refractivity contribution in [1.82, 2.24) is 0 Å². The first-order valence-corrected chi connectivity index (χ1v) is 4.74. The maximum absolute atomic E-state index is 12.6. The molecule has 0 radical (unpaired) electrons. The van der Waals surface area contributed by atoms with Crippen LogP contribution >= 0.6 is 0 Å². The fourth-order valence-corrected chi connectivity index (χ4v) is 1.19. The van der Waals surface area contributed by atoms with E-state index in [4.69, 9.17) is 5.11 Å². The smallest absolute Gasteiger partial charge is 0.303 e. The first kappa shape index (κ1) is 12.2. The zero-order valence-corrected chi connectivity index (χ0v) is 8.81. The number of hydrogen-bond donors (Lipinski definition) is 1. The molecule has 1 amide bonds. The van der Waals surface area contributed by atoms with Gasteiger partial charge in [-0.15, -0.1) is 0 Å². The van der Waals surface area contributed by atoms with Crippen LogP contribution in [0.25, 0.3) is 0 Å². The second-order valence-corrected chi connectivity index (χ2v) is 3.32. The second-order valence-electron chi connectivity index (χ2n) is 3.32. The van der Waals surface area contributed by atoms with Gasteiger partial charge in [-0.25, -0.2) is 4.39 Å². The molecule has 86 valence electrons. The van der Waals surface area contributed by atoms with E-state index in [0.717, 1.165) is 0 Å². The molecule has 0 bridgehead atoms. The van der Waals surface area contributed by atoms with Crippen molar-refractivity contribution in [1.29, 1.82) is 0 Å². The van der Waals surface area contributed by atoms with Gasteiger partial charge in [0.1, 0.15) is 5.82 Å². The van der Waals surface area contributed by atoms with E-state index in [2.05, 4.69) is 0 Å². The SMILES string of the molecule is CN(C(=O)CCC(=O)O)c1ccc(F)cc1. The molecule has 0 unspecified atom stereocenters. The van der Waals surface area contributed by atoms with Gasteiger partial charge in [0, 0.05) is 19.2 Å². The van der Waals surface area contributed by atoms with E-state index in [-0.39, 0.29) is 24.6 Å². The van der Waals surface area contributed by atoms with Crippen molar-refractivity contribution >= 4 is 17.6 Å². The monoisotopic (exact) mass is 225 g/mol. The highest BCUT2D eigenvalue weighted by atomic mass is 19.1. The van der Waals surface area contributed by atoms with Gasteiger partial charge < -0.3 is 10.0 Å². The van der Waals surface area contributed by atoms with E-state index in [1.165, 1.54) is 36.2 Å². The van der Waals surface area contributed by atoms with Gasteiger partial charge in [-0.2, -0.15) is 0 Å². The highest BCUT2D eigenvalue weighted by molar-refractivity contribution is 5.94. The van der Waals surface area contributed by atoms with Crippen molar-refractivity contribution in [2.75, 3.05) is 11.9 Å². The molecule has 0 heterocycles. The van der Waals surface area contributed by atoms with E-state index in [1.54, 1.807) is 0 Å². The number of carbonyl (C=O) groups excluding carboxylic acids is 1. The van der Waals surface area contributed by atoms with Gasteiger partial charge in [-0.1, -0.05) is 0 Å². The fraction of sp³-hybridized carbons (Fsp3) is 0.273. The topological polar surface area (TPSA) is 57.6 Å². The normalized spacial score (nSPS) is 9.88. The maximum Gasteiger partial charge on any atom is 0.303 e. The Balaban J connectivity index is 2.63. The molecule has 1 aromatic rings. The third-order valence-electron chi connectivity index (χ3n) is 2.14. The van der Waals surface area contributed by atoms with Crippen LogP contribution in [-0.4, -0.2) is 24.0 Å². The lowest BCUT2D eigenvalue weighted by Crippen LogP contribution is -2.26. The molecule has 16 heavy (non-hydrogen) atoms. The number of nitrogens with zero attached hydrogens (tertiary/aromatic N) is 1. The summed E-state index contributed by atoms with van der Waals surface area (Å²) in [6.07, 6.45) is -0.270. The molecule has 0 atom stereocenters. The van der Waals surface area contributed by atoms with Crippen LogP contribution in [0.3, 0.4) is 0 Å². The quantitative estimate of drug-likeness (QED) is 0.847. The summed E-state index contributed by atoms with van der Waals surface area (Å²) in [5.74, 6) is -1.70. The third-order valence-corrected chi connectivity index (χ3v) is 2.14. The van der Waals surface area contributed by atoms with Gasteiger partial charge in [-0.3, -0.25) is 9.59 Å². The standard InChI is InChI=1S/C11H12FNO3/c1-13(10(14)6-7-11(15)16)9-4-2-8(12)3-5-9/h2-5H,6-7H2,1H3,(H,15,16). The number of carboxylic acid groups (broad SMARTS) is 1. The number of carbonyl (C=O) groups is 2. The average Bonchev–Trinajstić information content (AvgIpc) is 2.26. The molecule has 1 aromatic carbocycles. The second kappa shape index (κ2) is 5.25.